The van der Waals surface area contributed by atoms with Gasteiger partial charge in [-0.2, -0.15) is 0 Å². The quantitative estimate of drug-likeness (QED) is 0.582. The molecule has 30 heavy (non-hydrogen) atoms. The predicted molar refractivity (Wildman–Crippen MR) is 114 cm³/mol. The van der Waals surface area contributed by atoms with Crippen LogP contribution in [0.2, 0.25) is 0 Å². The second-order valence-electron chi connectivity index (χ2n) is 7.11. The zero-order valence-electron chi connectivity index (χ0n) is 16.6. The number of carbonyl (C=O) groups is 2. The smallest absolute Gasteiger partial charge is 0.322 e. The molecule has 3 aromatic rings. The van der Waals surface area contributed by atoms with Crippen molar-refractivity contribution in [2.24, 2.45) is 0 Å². The molecule has 1 aliphatic heterocycles. The first-order chi connectivity index (χ1) is 14.5. The molecule has 7 heteroatoms. The van der Waals surface area contributed by atoms with Crippen LogP contribution in [0.15, 0.2) is 70.6 Å². The lowest BCUT2D eigenvalue weighted by atomic mass is 10.1. The summed E-state index contributed by atoms with van der Waals surface area (Å²) in [6, 6.07) is 16.7. The average Bonchev–Trinajstić information content (AvgIpc) is 3.05. The van der Waals surface area contributed by atoms with Crippen LogP contribution in [0.4, 0.5) is 4.79 Å². The summed E-state index contributed by atoms with van der Waals surface area (Å²) >= 11 is 1.52. The first-order valence-electron chi connectivity index (χ1n) is 9.52. The summed E-state index contributed by atoms with van der Waals surface area (Å²) in [7, 11) is 0. The van der Waals surface area contributed by atoms with Crippen LogP contribution in [-0.2, 0) is 11.4 Å². The predicted octanol–water partition coefficient (Wildman–Crippen LogP) is 4.31. The number of benzene rings is 2. The normalized spacial score (nSPS) is 15.6. The molecule has 2 N–H and O–H groups in total. The summed E-state index contributed by atoms with van der Waals surface area (Å²) in [5.41, 5.74) is 3.85. The fraction of sp³-hybridized carbons (Fsp3) is 0.174. The number of ether oxygens (including phenoxy) is 1. The van der Waals surface area contributed by atoms with Crippen LogP contribution in [0, 0.1) is 13.8 Å². The molecule has 1 unspecified atom stereocenters. The minimum Gasteiger partial charge on any atom is -0.489 e. The number of pyridine rings is 1. The van der Waals surface area contributed by atoms with Gasteiger partial charge in [0.15, 0.2) is 0 Å². The van der Waals surface area contributed by atoms with Crippen molar-refractivity contribution in [2.75, 3.05) is 0 Å². The number of aromatic nitrogens is 1. The van der Waals surface area contributed by atoms with Gasteiger partial charge in [0.25, 0.3) is 5.91 Å². The Morgan fingerprint density at radius 2 is 1.87 bits per heavy atom. The number of carbonyl (C=O) groups excluding carboxylic acids is 2. The third kappa shape index (κ3) is 4.63. The van der Waals surface area contributed by atoms with Gasteiger partial charge >= 0.3 is 6.03 Å². The van der Waals surface area contributed by atoms with Gasteiger partial charge in [0.2, 0.25) is 0 Å². The van der Waals surface area contributed by atoms with Gasteiger partial charge in [-0.25, -0.2) is 4.79 Å². The topological polar surface area (TPSA) is 80.3 Å². The number of aryl methyl sites for hydroxylation is 2. The van der Waals surface area contributed by atoms with Crippen LogP contribution in [0.25, 0.3) is 0 Å². The third-order valence-corrected chi connectivity index (χ3v) is 5.74. The zero-order chi connectivity index (χ0) is 21.1. The molecule has 0 radical (unpaired) electrons. The third-order valence-electron chi connectivity index (χ3n) is 4.66. The molecule has 1 atom stereocenters. The number of amides is 3. The summed E-state index contributed by atoms with van der Waals surface area (Å²) < 4.78 is 5.88. The minimum atomic E-state index is -0.731. The van der Waals surface area contributed by atoms with Crippen LogP contribution in [0.5, 0.6) is 5.75 Å². The van der Waals surface area contributed by atoms with Crippen molar-refractivity contribution in [2.45, 2.75) is 36.3 Å². The molecule has 0 aliphatic carbocycles. The van der Waals surface area contributed by atoms with Crippen LogP contribution >= 0.6 is 11.8 Å². The maximum atomic E-state index is 12.1. The molecule has 0 saturated carbocycles. The lowest BCUT2D eigenvalue weighted by Gasteiger charge is -2.14. The fourth-order valence-electron chi connectivity index (χ4n) is 3.19. The van der Waals surface area contributed by atoms with Crippen molar-refractivity contribution in [3.63, 3.8) is 0 Å². The van der Waals surface area contributed by atoms with Gasteiger partial charge in [0.1, 0.15) is 18.4 Å². The van der Waals surface area contributed by atoms with Gasteiger partial charge in [0.05, 0.1) is 0 Å². The average molecular weight is 420 g/mol. The Hall–Kier alpha value is -3.32. The van der Waals surface area contributed by atoms with E-state index in [4.69, 9.17) is 4.74 Å². The molecular formula is C23H21N3O3S. The highest BCUT2D eigenvalue weighted by Crippen LogP contribution is 2.35. The molecular weight excluding hydrogens is 398 g/mol. The van der Waals surface area contributed by atoms with Crippen molar-refractivity contribution in [3.05, 3.63) is 83.2 Å². The monoisotopic (exact) mass is 419 g/mol. The number of hydrogen-bond donors (Lipinski definition) is 2. The second-order valence-corrected chi connectivity index (χ2v) is 8.23. The van der Waals surface area contributed by atoms with E-state index in [-0.39, 0.29) is 5.91 Å². The van der Waals surface area contributed by atoms with E-state index in [1.54, 1.807) is 6.20 Å². The molecule has 0 bridgehead atoms. The number of hydrogen-bond acceptors (Lipinski definition) is 5. The molecule has 1 aromatic heterocycles. The molecule has 1 saturated heterocycles. The molecule has 1 aliphatic rings. The number of urea groups is 1. The maximum absolute atomic E-state index is 12.1. The van der Waals surface area contributed by atoms with E-state index in [1.807, 2.05) is 49.4 Å². The van der Waals surface area contributed by atoms with Gasteiger partial charge in [-0.05, 0) is 49.7 Å². The summed E-state index contributed by atoms with van der Waals surface area (Å²) in [5.74, 6) is 0.418. The van der Waals surface area contributed by atoms with Crippen molar-refractivity contribution in [1.29, 1.82) is 0 Å². The molecule has 152 valence electrons. The number of nitrogens with zero attached hydrogens (tertiary/aromatic N) is 1. The fourth-order valence-corrected chi connectivity index (χ4v) is 4.23. The van der Waals surface area contributed by atoms with Gasteiger partial charge in [-0.1, -0.05) is 41.6 Å². The molecule has 4 rings (SSSR count). The van der Waals surface area contributed by atoms with Crippen molar-refractivity contribution >= 4 is 23.7 Å². The first-order valence-corrected chi connectivity index (χ1v) is 10.3. The van der Waals surface area contributed by atoms with Crippen molar-refractivity contribution in [1.82, 2.24) is 15.6 Å². The van der Waals surface area contributed by atoms with E-state index >= 15 is 0 Å². The standard InChI is InChI=1S/C23H21N3O3S/c1-14-4-3-5-16(10-14)13-29-17-6-8-18(9-7-17)30-20-11-15(2)24-12-19(20)21-22(27)26-23(28)25-21/h3-12,21H,13H2,1-2H3,(H2,25,26,27,28). The number of rotatable bonds is 6. The van der Waals surface area contributed by atoms with Crippen LogP contribution < -0.4 is 15.4 Å². The number of imide groups is 1. The van der Waals surface area contributed by atoms with E-state index in [1.165, 1.54) is 17.3 Å². The molecule has 3 amide bonds. The summed E-state index contributed by atoms with van der Waals surface area (Å²) in [4.78, 5) is 29.8. The Bertz CT molecular complexity index is 1100. The Kier molecular flexibility index (Phi) is 5.72. The summed E-state index contributed by atoms with van der Waals surface area (Å²) in [6.45, 7) is 4.47. The van der Waals surface area contributed by atoms with E-state index in [9.17, 15) is 9.59 Å². The Labute approximate surface area is 179 Å². The lowest BCUT2D eigenvalue weighted by molar-refractivity contribution is -0.120. The van der Waals surface area contributed by atoms with Crippen LogP contribution in [0.1, 0.15) is 28.4 Å². The SMILES string of the molecule is Cc1cccc(COc2ccc(Sc3cc(C)ncc3C3NC(=O)NC3=O)cc2)c1. The van der Waals surface area contributed by atoms with Gasteiger partial charge in [0, 0.05) is 27.2 Å². The van der Waals surface area contributed by atoms with Gasteiger partial charge in [-0.15, -0.1) is 0 Å². The van der Waals surface area contributed by atoms with E-state index in [0.29, 0.717) is 12.2 Å². The molecule has 6 nitrogen and oxygen atoms in total. The Morgan fingerprint density at radius 3 is 2.57 bits per heavy atom. The van der Waals surface area contributed by atoms with E-state index < -0.39 is 12.1 Å². The first kappa shape index (κ1) is 20.0. The minimum absolute atomic E-state index is 0.368. The van der Waals surface area contributed by atoms with Gasteiger partial charge in [-0.3, -0.25) is 15.1 Å². The number of nitrogens with one attached hydrogen (secondary N) is 2. The van der Waals surface area contributed by atoms with Crippen LogP contribution in [-0.4, -0.2) is 16.9 Å². The highest BCUT2D eigenvalue weighted by atomic mass is 32.2. The zero-order valence-corrected chi connectivity index (χ0v) is 17.5. The highest BCUT2D eigenvalue weighted by Gasteiger charge is 2.33. The Balaban J connectivity index is 1.47. The molecule has 0 spiro atoms. The van der Waals surface area contributed by atoms with Crippen molar-refractivity contribution in [3.8, 4) is 5.75 Å². The maximum Gasteiger partial charge on any atom is 0.322 e. The summed E-state index contributed by atoms with van der Waals surface area (Å²) in [5, 5.41) is 4.90. The van der Waals surface area contributed by atoms with Crippen molar-refractivity contribution < 1.29 is 14.3 Å². The lowest BCUT2D eigenvalue weighted by Crippen LogP contribution is -2.22. The largest absolute Gasteiger partial charge is 0.489 e. The van der Waals surface area contributed by atoms with E-state index in [2.05, 4.69) is 34.7 Å². The molecule has 1 fully saturated rings. The summed E-state index contributed by atoms with van der Waals surface area (Å²) in [6.07, 6.45) is 1.65. The molecule has 2 heterocycles. The van der Waals surface area contributed by atoms with Crippen LogP contribution in [0.3, 0.4) is 0 Å². The Morgan fingerprint density at radius 1 is 1.07 bits per heavy atom. The molecule has 2 aromatic carbocycles. The second kappa shape index (κ2) is 8.59. The van der Waals surface area contributed by atoms with E-state index in [0.717, 1.165) is 26.8 Å². The van der Waals surface area contributed by atoms with Gasteiger partial charge < -0.3 is 10.1 Å². The highest BCUT2D eigenvalue weighted by molar-refractivity contribution is 7.99.